The molecular weight excluding hydrogens is 224 g/mol. The number of terminal acetylenes is 1. The van der Waals surface area contributed by atoms with Crippen molar-refractivity contribution in [1.29, 1.82) is 0 Å². The van der Waals surface area contributed by atoms with Gasteiger partial charge in [-0.15, -0.1) is 18.3 Å². The summed E-state index contributed by atoms with van der Waals surface area (Å²) in [7, 11) is 0. The Bertz CT molecular complexity index is 340. The molecular formula is C16H24O2. The molecule has 2 heteroatoms. The van der Waals surface area contributed by atoms with Gasteiger partial charge in [-0.2, -0.15) is 0 Å². The molecule has 0 aliphatic rings. The third-order valence-corrected chi connectivity index (χ3v) is 2.70. The van der Waals surface area contributed by atoms with Gasteiger partial charge in [-0.05, 0) is 20.3 Å². The number of hydrogen-bond acceptors (Lipinski definition) is 2. The van der Waals surface area contributed by atoms with Crippen molar-refractivity contribution >= 4 is 5.97 Å². The Labute approximate surface area is 111 Å². The van der Waals surface area contributed by atoms with Crippen LogP contribution in [-0.4, -0.2) is 12.6 Å². The second-order valence-electron chi connectivity index (χ2n) is 4.55. The molecule has 0 aliphatic carbocycles. The van der Waals surface area contributed by atoms with Crippen LogP contribution in [0.15, 0.2) is 0 Å². The fourth-order valence-electron chi connectivity index (χ4n) is 1.56. The Hall–Kier alpha value is -1.41. The second-order valence-corrected chi connectivity index (χ2v) is 4.55. The Morgan fingerprint density at radius 2 is 2.00 bits per heavy atom. The minimum atomic E-state index is -0.852. The number of carbonyl (C=O) groups excluding carboxylic acids is 1. The average Bonchev–Trinajstić information content (AvgIpc) is 2.34. The van der Waals surface area contributed by atoms with E-state index in [1.54, 1.807) is 13.8 Å². The summed E-state index contributed by atoms with van der Waals surface area (Å²) in [5.41, 5.74) is -0.852. The van der Waals surface area contributed by atoms with Crippen molar-refractivity contribution in [3.8, 4) is 24.2 Å². The maximum atomic E-state index is 11.8. The van der Waals surface area contributed by atoms with Gasteiger partial charge in [-0.25, -0.2) is 0 Å². The van der Waals surface area contributed by atoms with E-state index in [9.17, 15) is 4.79 Å². The Morgan fingerprint density at radius 1 is 1.28 bits per heavy atom. The highest BCUT2D eigenvalue weighted by atomic mass is 16.5. The first kappa shape index (κ1) is 16.6. The predicted octanol–water partition coefficient (Wildman–Crippen LogP) is 3.55. The summed E-state index contributed by atoms with van der Waals surface area (Å²) in [6.07, 6.45) is 11.1. The lowest BCUT2D eigenvalue weighted by Crippen LogP contribution is -2.28. The van der Waals surface area contributed by atoms with E-state index in [-0.39, 0.29) is 5.97 Å². The largest absolute Gasteiger partial charge is 0.465 e. The molecule has 0 saturated carbocycles. The first-order valence-corrected chi connectivity index (χ1v) is 6.71. The highest BCUT2D eigenvalue weighted by Crippen LogP contribution is 2.22. The van der Waals surface area contributed by atoms with E-state index >= 15 is 0 Å². The van der Waals surface area contributed by atoms with Crippen molar-refractivity contribution in [1.82, 2.24) is 0 Å². The molecule has 0 spiro atoms. The highest BCUT2D eigenvalue weighted by molar-refractivity contribution is 5.80. The standard InChI is InChI=1S/C16H24O2/c1-5-8-9-10-11-12-14-16(4,13-6-2)15(17)18-7-3/h2H,5,7-11,13H2,1,3-4H3. The highest BCUT2D eigenvalue weighted by Gasteiger charge is 2.31. The van der Waals surface area contributed by atoms with Gasteiger partial charge < -0.3 is 4.74 Å². The van der Waals surface area contributed by atoms with Crippen LogP contribution in [0.5, 0.6) is 0 Å². The number of unbranched alkanes of at least 4 members (excludes halogenated alkanes) is 4. The molecule has 2 nitrogen and oxygen atoms in total. The van der Waals surface area contributed by atoms with E-state index in [1.807, 2.05) is 0 Å². The Kier molecular flexibility index (Phi) is 8.85. The van der Waals surface area contributed by atoms with Crippen LogP contribution in [0.3, 0.4) is 0 Å². The van der Waals surface area contributed by atoms with Crippen molar-refractivity contribution in [3.63, 3.8) is 0 Å². The fraction of sp³-hybridized carbons (Fsp3) is 0.688. The molecule has 0 fully saturated rings. The molecule has 0 aliphatic heterocycles. The summed E-state index contributed by atoms with van der Waals surface area (Å²) in [6.45, 7) is 6.07. The smallest absolute Gasteiger partial charge is 0.324 e. The monoisotopic (exact) mass is 248 g/mol. The van der Waals surface area contributed by atoms with E-state index in [0.717, 1.165) is 12.8 Å². The van der Waals surface area contributed by atoms with Gasteiger partial charge in [-0.1, -0.05) is 32.1 Å². The van der Waals surface area contributed by atoms with Crippen LogP contribution in [0.25, 0.3) is 0 Å². The van der Waals surface area contributed by atoms with E-state index in [2.05, 4.69) is 24.7 Å². The normalized spacial score (nSPS) is 12.8. The van der Waals surface area contributed by atoms with Crippen LogP contribution in [0.2, 0.25) is 0 Å². The Balaban J connectivity index is 4.38. The predicted molar refractivity (Wildman–Crippen MR) is 74.7 cm³/mol. The molecule has 0 rings (SSSR count). The molecule has 0 radical (unpaired) electrons. The third kappa shape index (κ3) is 6.36. The molecule has 0 aromatic carbocycles. The van der Waals surface area contributed by atoms with Crippen molar-refractivity contribution in [2.75, 3.05) is 6.61 Å². The number of ether oxygens (including phenoxy) is 1. The molecule has 1 atom stereocenters. The average molecular weight is 248 g/mol. The number of hydrogen-bond donors (Lipinski definition) is 0. The van der Waals surface area contributed by atoms with Gasteiger partial charge in [0.05, 0.1) is 6.61 Å². The van der Waals surface area contributed by atoms with Crippen molar-refractivity contribution < 1.29 is 9.53 Å². The summed E-state index contributed by atoms with van der Waals surface area (Å²) >= 11 is 0. The van der Waals surface area contributed by atoms with Crippen LogP contribution in [0, 0.1) is 29.6 Å². The zero-order valence-corrected chi connectivity index (χ0v) is 11.8. The molecule has 0 bridgehead atoms. The molecule has 0 heterocycles. The molecule has 0 amide bonds. The van der Waals surface area contributed by atoms with Gasteiger partial charge in [0.1, 0.15) is 5.41 Å². The van der Waals surface area contributed by atoms with Crippen molar-refractivity contribution in [2.24, 2.45) is 5.41 Å². The summed E-state index contributed by atoms with van der Waals surface area (Å²) < 4.78 is 5.02. The minimum Gasteiger partial charge on any atom is -0.465 e. The van der Waals surface area contributed by atoms with E-state index in [0.29, 0.717) is 13.0 Å². The maximum Gasteiger partial charge on any atom is 0.324 e. The quantitative estimate of drug-likeness (QED) is 0.391. The molecule has 0 aromatic heterocycles. The topological polar surface area (TPSA) is 26.3 Å². The lowest BCUT2D eigenvalue weighted by atomic mass is 9.87. The van der Waals surface area contributed by atoms with Gasteiger partial charge in [0, 0.05) is 12.8 Å². The molecule has 1 unspecified atom stereocenters. The Morgan fingerprint density at radius 3 is 2.56 bits per heavy atom. The van der Waals surface area contributed by atoms with E-state index in [1.165, 1.54) is 19.3 Å². The first-order chi connectivity index (χ1) is 8.60. The molecule has 0 aromatic rings. The van der Waals surface area contributed by atoms with Crippen LogP contribution in [-0.2, 0) is 9.53 Å². The molecule has 18 heavy (non-hydrogen) atoms. The van der Waals surface area contributed by atoms with Crippen LogP contribution in [0.1, 0.15) is 59.3 Å². The summed E-state index contributed by atoms with van der Waals surface area (Å²) in [6, 6.07) is 0. The molecule has 0 N–H and O–H groups in total. The van der Waals surface area contributed by atoms with Crippen molar-refractivity contribution in [3.05, 3.63) is 0 Å². The van der Waals surface area contributed by atoms with Gasteiger partial charge >= 0.3 is 5.97 Å². The molecule has 0 saturated heterocycles. The fourth-order valence-corrected chi connectivity index (χ4v) is 1.56. The van der Waals surface area contributed by atoms with E-state index in [4.69, 9.17) is 11.2 Å². The van der Waals surface area contributed by atoms with Gasteiger partial charge in [0.25, 0.3) is 0 Å². The zero-order chi connectivity index (χ0) is 13.9. The number of carbonyl (C=O) groups is 1. The summed E-state index contributed by atoms with van der Waals surface area (Å²) in [5, 5.41) is 0. The number of rotatable bonds is 7. The SMILES string of the molecule is C#CCC(C)(C#CCCCCCC)C(=O)OCC. The second kappa shape index (κ2) is 9.60. The molecule has 100 valence electrons. The van der Waals surface area contributed by atoms with Gasteiger partial charge in [-0.3, -0.25) is 4.79 Å². The first-order valence-electron chi connectivity index (χ1n) is 6.71. The summed E-state index contributed by atoms with van der Waals surface area (Å²) in [4.78, 5) is 11.8. The van der Waals surface area contributed by atoms with Crippen molar-refractivity contribution in [2.45, 2.75) is 59.3 Å². The lowest BCUT2D eigenvalue weighted by molar-refractivity contribution is -0.150. The zero-order valence-electron chi connectivity index (χ0n) is 11.8. The van der Waals surface area contributed by atoms with Gasteiger partial charge in [0.2, 0.25) is 0 Å². The number of esters is 1. The van der Waals surface area contributed by atoms with E-state index < -0.39 is 5.41 Å². The van der Waals surface area contributed by atoms with Crippen LogP contribution in [0.4, 0.5) is 0 Å². The van der Waals surface area contributed by atoms with Crippen LogP contribution < -0.4 is 0 Å². The van der Waals surface area contributed by atoms with Crippen LogP contribution >= 0.6 is 0 Å². The third-order valence-electron chi connectivity index (χ3n) is 2.70. The maximum absolute atomic E-state index is 11.8. The minimum absolute atomic E-state index is 0.299. The van der Waals surface area contributed by atoms with Gasteiger partial charge in [0.15, 0.2) is 0 Å². The summed E-state index contributed by atoms with van der Waals surface area (Å²) in [5.74, 6) is 8.24. The lowest BCUT2D eigenvalue weighted by Gasteiger charge is -2.18.